The Labute approximate surface area is 89.3 Å². The van der Waals surface area contributed by atoms with E-state index in [1.54, 1.807) is 0 Å². The van der Waals surface area contributed by atoms with Crippen molar-refractivity contribution in [3.05, 3.63) is 30.2 Å². The average molecular weight is 204 g/mol. The minimum absolute atomic E-state index is 0.0930. The van der Waals surface area contributed by atoms with Gasteiger partial charge in [-0.15, -0.1) is 0 Å². The lowest BCUT2D eigenvalue weighted by Gasteiger charge is -2.24. The summed E-state index contributed by atoms with van der Waals surface area (Å²) in [6.45, 7) is 5.08. The topological polar surface area (TPSA) is 52.0 Å². The highest BCUT2D eigenvalue weighted by Gasteiger charge is 2.20. The number of aromatic nitrogens is 1. The third-order valence-corrected chi connectivity index (χ3v) is 2.88. The zero-order valence-corrected chi connectivity index (χ0v) is 9.16. The predicted molar refractivity (Wildman–Crippen MR) is 60.7 cm³/mol. The molecule has 0 fully saturated rings. The van der Waals surface area contributed by atoms with Gasteiger partial charge in [-0.25, -0.2) is 4.98 Å². The van der Waals surface area contributed by atoms with E-state index in [1.807, 2.05) is 6.07 Å². The van der Waals surface area contributed by atoms with Crippen LogP contribution in [0.1, 0.15) is 25.8 Å². The number of benzene rings is 1. The van der Waals surface area contributed by atoms with Gasteiger partial charge in [-0.05, 0) is 36.1 Å². The number of rotatable bonds is 3. The molecule has 0 radical (unpaired) electrons. The van der Waals surface area contributed by atoms with E-state index in [0.29, 0.717) is 6.54 Å². The fourth-order valence-corrected chi connectivity index (χ4v) is 1.78. The first-order valence-corrected chi connectivity index (χ1v) is 5.17. The molecule has 0 spiro atoms. The van der Waals surface area contributed by atoms with Crippen LogP contribution in [0.15, 0.2) is 29.0 Å². The lowest BCUT2D eigenvalue weighted by molar-refractivity contribution is 0.487. The van der Waals surface area contributed by atoms with Gasteiger partial charge in [0.05, 0.1) is 0 Å². The molecule has 2 rings (SSSR count). The molecule has 0 aliphatic heterocycles. The molecule has 0 atom stereocenters. The van der Waals surface area contributed by atoms with Crippen LogP contribution in [0.4, 0.5) is 0 Å². The van der Waals surface area contributed by atoms with E-state index in [0.717, 1.165) is 17.5 Å². The van der Waals surface area contributed by atoms with Gasteiger partial charge in [0.25, 0.3) is 0 Å². The summed E-state index contributed by atoms with van der Waals surface area (Å²) in [4.78, 5) is 4.10. The van der Waals surface area contributed by atoms with Gasteiger partial charge >= 0.3 is 0 Å². The molecule has 0 bridgehead atoms. The van der Waals surface area contributed by atoms with E-state index < -0.39 is 0 Å². The van der Waals surface area contributed by atoms with Crippen LogP contribution >= 0.6 is 0 Å². The summed E-state index contributed by atoms with van der Waals surface area (Å²) < 4.78 is 5.29. The lowest BCUT2D eigenvalue weighted by atomic mass is 9.81. The highest BCUT2D eigenvalue weighted by molar-refractivity contribution is 5.73. The molecule has 2 N–H and O–H groups in total. The van der Waals surface area contributed by atoms with Crippen LogP contribution in [0.25, 0.3) is 11.1 Å². The largest absolute Gasteiger partial charge is 0.443 e. The van der Waals surface area contributed by atoms with Crippen molar-refractivity contribution in [2.75, 3.05) is 6.54 Å². The van der Waals surface area contributed by atoms with Crippen LogP contribution in [0.5, 0.6) is 0 Å². The van der Waals surface area contributed by atoms with E-state index in [4.69, 9.17) is 10.2 Å². The van der Waals surface area contributed by atoms with Gasteiger partial charge in [0.1, 0.15) is 5.52 Å². The van der Waals surface area contributed by atoms with E-state index in [2.05, 4.69) is 31.0 Å². The molecule has 15 heavy (non-hydrogen) atoms. The molecular weight excluding hydrogens is 188 g/mol. The number of hydrogen-bond donors (Lipinski definition) is 1. The number of hydrogen-bond acceptors (Lipinski definition) is 3. The van der Waals surface area contributed by atoms with Gasteiger partial charge in [-0.3, -0.25) is 0 Å². The van der Waals surface area contributed by atoms with Gasteiger partial charge < -0.3 is 10.2 Å². The molecule has 3 nitrogen and oxygen atoms in total. The molecule has 1 heterocycles. The summed E-state index contributed by atoms with van der Waals surface area (Å²) in [6.07, 6.45) is 2.44. The van der Waals surface area contributed by atoms with Gasteiger partial charge in [-0.2, -0.15) is 0 Å². The summed E-state index contributed by atoms with van der Waals surface area (Å²) in [7, 11) is 0. The van der Waals surface area contributed by atoms with Crippen LogP contribution in [0.2, 0.25) is 0 Å². The zero-order valence-electron chi connectivity index (χ0n) is 9.16. The molecule has 3 heteroatoms. The minimum atomic E-state index is 0.0930. The molecule has 0 amide bonds. The Morgan fingerprint density at radius 1 is 1.40 bits per heavy atom. The first-order chi connectivity index (χ1) is 7.13. The number of nitrogens with zero attached hydrogens (tertiary/aromatic N) is 1. The van der Waals surface area contributed by atoms with Crippen molar-refractivity contribution in [2.24, 2.45) is 5.73 Å². The van der Waals surface area contributed by atoms with Gasteiger partial charge in [0.15, 0.2) is 12.0 Å². The molecule has 0 aliphatic carbocycles. The van der Waals surface area contributed by atoms with Crippen molar-refractivity contribution in [1.82, 2.24) is 4.98 Å². The SMILES string of the molecule is CC(C)(CCN)c1ccc2ncoc2c1. The Hall–Kier alpha value is -1.35. The third kappa shape index (κ3) is 1.88. The van der Waals surface area contributed by atoms with E-state index in [-0.39, 0.29) is 5.41 Å². The Morgan fingerprint density at radius 2 is 2.20 bits per heavy atom. The smallest absolute Gasteiger partial charge is 0.181 e. The van der Waals surface area contributed by atoms with E-state index >= 15 is 0 Å². The second kappa shape index (κ2) is 3.66. The van der Waals surface area contributed by atoms with Gasteiger partial charge in [-0.1, -0.05) is 19.9 Å². The van der Waals surface area contributed by atoms with Crippen LogP contribution in [0.3, 0.4) is 0 Å². The van der Waals surface area contributed by atoms with Crippen LogP contribution in [0, 0.1) is 0 Å². The van der Waals surface area contributed by atoms with Crippen LogP contribution in [-0.4, -0.2) is 11.5 Å². The van der Waals surface area contributed by atoms with Crippen molar-refractivity contribution in [2.45, 2.75) is 25.7 Å². The summed E-state index contributed by atoms with van der Waals surface area (Å²) in [5.74, 6) is 0. The fraction of sp³-hybridized carbons (Fsp3) is 0.417. The number of oxazole rings is 1. The quantitative estimate of drug-likeness (QED) is 0.835. The molecule has 0 aliphatic rings. The second-order valence-electron chi connectivity index (χ2n) is 4.46. The Morgan fingerprint density at radius 3 is 2.93 bits per heavy atom. The van der Waals surface area contributed by atoms with Crippen molar-refractivity contribution in [3.8, 4) is 0 Å². The third-order valence-electron chi connectivity index (χ3n) is 2.88. The van der Waals surface area contributed by atoms with Crippen LogP contribution in [-0.2, 0) is 5.41 Å². The Kier molecular flexibility index (Phi) is 2.49. The van der Waals surface area contributed by atoms with Gasteiger partial charge in [0, 0.05) is 0 Å². The first kappa shape index (κ1) is 10.2. The molecule has 80 valence electrons. The fourth-order valence-electron chi connectivity index (χ4n) is 1.78. The Balaban J connectivity index is 2.42. The molecule has 2 aromatic rings. The maximum absolute atomic E-state index is 5.61. The highest BCUT2D eigenvalue weighted by Crippen LogP contribution is 2.28. The van der Waals surface area contributed by atoms with Gasteiger partial charge in [0.2, 0.25) is 0 Å². The van der Waals surface area contributed by atoms with Crippen molar-refractivity contribution >= 4 is 11.1 Å². The van der Waals surface area contributed by atoms with Crippen LogP contribution < -0.4 is 5.73 Å². The zero-order chi connectivity index (χ0) is 10.9. The van der Waals surface area contributed by atoms with E-state index in [9.17, 15) is 0 Å². The maximum atomic E-state index is 5.61. The minimum Gasteiger partial charge on any atom is -0.443 e. The predicted octanol–water partition coefficient (Wildman–Crippen LogP) is 2.45. The first-order valence-electron chi connectivity index (χ1n) is 5.17. The molecular formula is C12H16N2O. The summed E-state index contributed by atoms with van der Waals surface area (Å²) >= 11 is 0. The highest BCUT2D eigenvalue weighted by atomic mass is 16.3. The lowest BCUT2D eigenvalue weighted by Crippen LogP contribution is -2.21. The standard InChI is InChI=1S/C12H16N2O/c1-12(2,5-6-13)9-3-4-10-11(7-9)15-8-14-10/h3-4,7-8H,5-6,13H2,1-2H3. The summed E-state index contributed by atoms with van der Waals surface area (Å²) in [5, 5.41) is 0. The second-order valence-corrected chi connectivity index (χ2v) is 4.46. The molecule has 1 aromatic heterocycles. The summed E-state index contributed by atoms with van der Waals surface area (Å²) in [5.41, 5.74) is 8.70. The van der Waals surface area contributed by atoms with Crippen molar-refractivity contribution < 1.29 is 4.42 Å². The monoisotopic (exact) mass is 204 g/mol. The average Bonchev–Trinajstić information content (AvgIpc) is 2.63. The molecule has 1 aromatic carbocycles. The summed E-state index contributed by atoms with van der Waals surface area (Å²) in [6, 6.07) is 6.14. The van der Waals surface area contributed by atoms with E-state index in [1.165, 1.54) is 12.0 Å². The number of fused-ring (bicyclic) bond motifs is 1. The molecule has 0 unspecified atom stereocenters. The molecule has 0 saturated heterocycles. The van der Waals surface area contributed by atoms with Crippen molar-refractivity contribution in [1.29, 1.82) is 0 Å². The Bertz CT molecular complexity index is 459. The molecule has 0 saturated carbocycles. The van der Waals surface area contributed by atoms with Crippen molar-refractivity contribution in [3.63, 3.8) is 0 Å². The normalized spacial score (nSPS) is 12.2. The number of nitrogens with two attached hydrogens (primary N) is 1. The maximum Gasteiger partial charge on any atom is 0.181 e.